The van der Waals surface area contributed by atoms with Crippen molar-refractivity contribution in [3.8, 4) is 0 Å². The minimum atomic E-state index is -0.576. The molecule has 0 amide bonds. The third-order valence-corrected chi connectivity index (χ3v) is 4.04. The maximum absolute atomic E-state index is 13.9. The number of imidazole rings is 1. The van der Waals surface area contributed by atoms with Crippen molar-refractivity contribution >= 4 is 17.1 Å². The zero-order valence-electron chi connectivity index (χ0n) is 13.9. The van der Waals surface area contributed by atoms with Crippen molar-refractivity contribution in [2.45, 2.75) is 6.54 Å². The molecule has 0 spiro atoms. The summed E-state index contributed by atoms with van der Waals surface area (Å²) in [6.45, 7) is -0.00706. The Kier molecular flexibility index (Phi) is 4.41. The molecule has 0 atom stereocenters. The van der Waals surface area contributed by atoms with E-state index in [0.29, 0.717) is 5.95 Å². The fraction of sp³-hybridized carbons (Fsp3) is 0.312. The lowest BCUT2D eigenvalue weighted by atomic mass is 10.2. The molecule has 3 rings (SSSR count). The van der Waals surface area contributed by atoms with Crippen molar-refractivity contribution in [2.75, 3.05) is 18.5 Å². The number of benzene rings is 1. The largest absolute Gasteiger partial charge is 0.395 e. The molecule has 2 heterocycles. The highest BCUT2D eigenvalue weighted by Crippen LogP contribution is 2.13. The van der Waals surface area contributed by atoms with Crippen LogP contribution in [0.5, 0.6) is 0 Å². The maximum atomic E-state index is 13.9. The molecule has 0 aliphatic rings. The lowest BCUT2D eigenvalue weighted by molar-refractivity contribution is 0.310. The zero-order valence-corrected chi connectivity index (χ0v) is 13.9. The summed E-state index contributed by atoms with van der Waals surface area (Å²) in [5.41, 5.74) is -0.426. The first-order valence-electron chi connectivity index (χ1n) is 7.70. The first-order chi connectivity index (χ1) is 12.0. The third kappa shape index (κ3) is 2.82. The number of nitrogens with zero attached hydrogens (tertiary/aromatic N) is 4. The van der Waals surface area contributed by atoms with E-state index in [1.54, 1.807) is 19.2 Å². The molecule has 2 aromatic heterocycles. The molecule has 1 aromatic carbocycles. The summed E-state index contributed by atoms with van der Waals surface area (Å²) < 4.78 is 17.7. The van der Waals surface area contributed by atoms with Crippen LogP contribution in [0.1, 0.15) is 5.56 Å². The van der Waals surface area contributed by atoms with Crippen LogP contribution in [0.15, 0.2) is 33.9 Å². The van der Waals surface area contributed by atoms with Crippen LogP contribution in [0.4, 0.5) is 10.3 Å². The maximum Gasteiger partial charge on any atom is 0.332 e. The molecule has 0 aliphatic carbocycles. The van der Waals surface area contributed by atoms with E-state index in [4.69, 9.17) is 5.11 Å². The van der Waals surface area contributed by atoms with Crippen LogP contribution in [0.25, 0.3) is 11.2 Å². The zero-order chi connectivity index (χ0) is 18.1. The van der Waals surface area contributed by atoms with Crippen molar-refractivity contribution in [1.82, 2.24) is 18.7 Å². The summed E-state index contributed by atoms with van der Waals surface area (Å²) in [4.78, 5) is 29.6. The molecule has 0 bridgehead atoms. The van der Waals surface area contributed by atoms with Gasteiger partial charge in [0.1, 0.15) is 5.82 Å². The number of nitrogens with one attached hydrogen (secondary N) is 1. The summed E-state index contributed by atoms with van der Waals surface area (Å²) in [5, 5.41) is 11.8. The van der Waals surface area contributed by atoms with Crippen LogP contribution in [0.2, 0.25) is 0 Å². The Morgan fingerprint density at radius 1 is 1.20 bits per heavy atom. The number of hydrogen-bond acceptors (Lipinski definition) is 5. The SMILES string of the molecule is Cn1c(NCCO)nc2c1c(=O)n(Cc1ccccc1F)c(=O)n2C. The average Bonchev–Trinajstić information content (AvgIpc) is 2.93. The van der Waals surface area contributed by atoms with Gasteiger partial charge in [0.15, 0.2) is 11.2 Å². The summed E-state index contributed by atoms with van der Waals surface area (Å²) >= 11 is 0. The van der Waals surface area contributed by atoms with E-state index >= 15 is 0 Å². The summed E-state index contributed by atoms with van der Waals surface area (Å²) in [5.74, 6) is -0.119. The van der Waals surface area contributed by atoms with Gasteiger partial charge in [0, 0.05) is 26.2 Å². The summed E-state index contributed by atoms with van der Waals surface area (Å²) in [7, 11) is 3.14. The van der Waals surface area contributed by atoms with Crippen molar-refractivity contribution < 1.29 is 9.50 Å². The fourth-order valence-electron chi connectivity index (χ4n) is 2.71. The van der Waals surface area contributed by atoms with Crippen molar-refractivity contribution in [2.24, 2.45) is 14.1 Å². The van der Waals surface area contributed by atoms with Gasteiger partial charge in [-0.3, -0.25) is 13.9 Å². The van der Waals surface area contributed by atoms with E-state index in [9.17, 15) is 14.0 Å². The highest BCUT2D eigenvalue weighted by atomic mass is 19.1. The fourth-order valence-corrected chi connectivity index (χ4v) is 2.71. The highest BCUT2D eigenvalue weighted by Gasteiger charge is 2.19. The van der Waals surface area contributed by atoms with Crippen LogP contribution in [0, 0.1) is 5.82 Å². The lowest BCUT2D eigenvalue weighted by Gasteiger charge is -2.09. The van der Waals surface area contributed by atoms with Gasteiger partial charge >= 0.3 is 5.69 Å². The van der Waals surface area contributed by atoms with Gasteiger partial charge in [0.25, 0.3) is 5.56 Å². The number of hydrogen-bond donors (Lipinski definition) is 2. The van der Waals surface area contributed by atoms with Gasteiger partial charge in [-0.05, 0) is 6.07 Å². The van der Waals surface area contributed by atoms with Crippen LogP contribution in [-0.2, 0) is 20.6 Å². The van der Waals surface area contributed by atoms with E-state index in [1.165, 1.54) is 28.3 Å². The van der Waals surface area contributed by atoms with Crippen LogP contribution in [0.3, 0.4) is 0 Å². The number of aryl methyl sites for hydroxylation is 2. The van der Waals surface area contributed by atoms with Gasteiger partial charge in [0.2, 0.25) is 5.95 Å². The van der Waals surface area contributed by atoms with Gasteiger partial charge < -0.3 is 15.0 Å². The molecule has 2 N–H and O–H groups in total. The Labute approximate surface area is 141 Å². The number of aromatic nitrogens is 4. The number of fused-ring (bicyclic) bond motifs is 1. The quantitative estimate of drug-likeness (QED) is 0.679. The predicted molar refractivity (Wildman–Crippen MR) is 91.3 cm³/mol. The molecule has 0 radical (unpaired) electrons. The predicted octanol–water partition coefficient (Wildman–Crippen LogP) is 0.0253. The van der Waals surface area contributed by atoms with Gasteiger partial charge in [-0.1, -0.05) is 18.2 Å². The molecule has 0 unspecified atom stereocenters. The molecule has 0 fully saturated rings. The second-order valence-corrected chi connectivity index (χ2v) is 5.64. The second-order valence-electron chi connectivity index (χ2n) is 5.64. The van der Waals surface area contributed by atoms with E-state index < -0.39 is 17.1 Å². The van der Waals surface area contributed by atoms with Crippen molar-refractivity contribution in [3.63, 3.8) is 0 Å². The van der Waals surface area contributed by atoms with Crippen LogP contribution < -0.4 is 16.6 Å². The molecule has 25 heavy (non-hydrogen) atoms. The molecule has 0 saturated carbocycles. The smallest absolute Gasteiger partial charge is 0.332 e. The Balaban J connectivity index is 2.21. The first kappa shape index (κ1) is 16.9. The first-order valence-corrected chi connectivity index (χ1v) is 7.70. The Bertz CT molecular complexity index is 1050. The number of aliphatic hydroxyl groups excluding tert-OH is 1. The van der Waals surface area contributed by atoms with E-state index in [1.807, 2.05) is 0 Å². The number of anilines is 1. The molecule has 8 nitrogen and oxygen atoms in total. The Morgan fingerprint density at radius 3 is 2.60 bits per heavy atom. The van der Waals surface area contributed by atoms with E-state index in [2.05, 4.69) is 10.3 Å². The third-order valence-electron chi connectivity index (χ3n) is 4.04. The summed E-state index contributed by atoms with van der Waals surface area (Å²) in [6.07, 6.45) is 0. The number of halogens is 1. The molecule has 0 saturated heterocycles. The molecular weight excluding hydrogens is 329 g/mol. The standard InChI is InChI=1S/C16H18FN5O3/c1-20-12-13(19-15(20)18-7-8-23)21(2)16(25)22(14(12)24)9-10-5-3-4-6-11(10)17/h3-6,23H,7-9H2,1-2H3,(H,18,19). The molecular formula is C16H18FN5O3. The topological polar surface area (TPSA) is 94.1 Å². The Morgan fingerprint density at radius 2 is 1.92 bits per heavy atom. The normalized spacial score (nSPS) is 11.2. The van der Waals surface area contributed by atoms with Crippen LogP contribution in [-0.4, -0.2) is 36.9 Å². The number of aliphatic hydroxyl groups is 1. The number of rotatable bonds is 5. The molecule has 0 aliphatic heterocycles. The molecule has 9 heteroatoms. The van der Waals surface area contributed by atoms with E-state index in [-0.39, 0.29) is 36.4 Å². The lowest BCUT2D eigenvalue weighted by Crippen LogP contribution is -2.40. The van der Waals surface area contributed by atoms with Crippen molar-refractivity contribution in [3.05, 3.63) is 56.5 Å². The second kappa shape index (κ2) is 6.52. The molecule has 3 aromatic rings. The van der Waals surface area contributed by atoms with Gasteiger partial charge in [-0.2, -0.15) is 4.98 Å². The van der Waals surface area contributed by atoms with E-state index in [0.717, 1.165) is 4.57 Å². The van der Waals surface area contributed by atoms with Gasteiger partial charge in [0.05, 0.1) is 13.2 Å². The monoisotopic (exact) mass is 347 g/mol. The Hall–Kier alpha value is -2.94. The highest BCUT2D eigenvalue weighted by molar-refractivity contribution is 5.74. The minimum absolute atomic E-state index is 0.0976. The van der Waals surface area contributed by atoms with Gasteiger partial charge in [-0.25, -0.2) is 9.18 Å². The summed E-state index contributed by atoms with van der Waals surface area (Å²) in [6, 6.07) is 6.00. The van der Waals surface area contributed by atoms with Crippen LogP contribution >= 0.6 is 0 Å². The molecule has 132 valence electrons. The average molecular weight is 347 g/mol. The minimum Gasteiger partial charge on any atom is -0.395 e. The van der Waals surface area contributed by atoms with Crippen molar-refractivity contribution in [1.29, 1.82) is 0 Å². The van der Waals surface area contributed by atoms with Gasteiger partial charge in [-0.15, -0.1) is 0 Å².